The monoisotopic (exact) mass is 300 g/mol. The van der Waals surface area contributed by atoms with Crippen LogP contribution < -0.4 is 0 Å². The largest absolute Gasteiger partial charge is 0.144 e. The Hall–Kier alpha value is -1.31. The fourth-order valence-electron chi connectivity index (χ4n) is 2.52. The number of hydrogen-bond acceptors (Lipinski definition) is 1. The quantitative estimate of drug-likeness (QED) is 0.519. The fourth-order valence-corrected chi connectivity index (χ4v) is 3.82. The van der Waals surface area contributed by atoms with Crippen LogP contribution in [0.2, 0.25) is 0 Å². The molecule has 2 heteroatoms. The maximum atomic E-state index is 6.62. The Balaban J connectivity index is 1.89. The highest BCUT2D eigenvalue weighted by Gasteiger charge is 2.13. The molecule has 0 aliphatic rings. The lowest BCUT2D eigenvalue weighted by atomic mass is 10.0. The maximum Gasteiger partial charge on any atom is 0.0719 e. The minimum absolute atomic E-state index is 0.0612. The molecule has 0 fully saturated rings. The van der Waals surface area contributed by atoms with E-state index in [9.17, 15) is 0 Å². The summed E-state index contributed by atoms with van der Waals surface area (Å²) in [5.74, 6) is 0. The molecule has 0 spiro atoms. The Morgan fingerprint density at radius 1 is 1.00 bits per heavy atom. The molecule has 102 valence electrons. The molecular weight excluding hydrogens is 284 g/mol. The Kier molecular flexibility index (Phi) is 4.09. The normalized spacial score (nSPS) is 12.7. The van der Waals surface area contributed by atoms with Gasteiger partial charge >= 0.3 is 0 Å². The molecule has 0 saturated carbocycles. The average Bonchev–Trinajstić information content (AvgIpc) is 2.97. The lowest BCUT2D eigenvalue weighted by Gasteiger charge is -2.10. The highest BCUT2D eigenvalue weighted by atomic mass is 35.5. The van der Waals surface area contributed by atoms with Gasteiger partial charge in [0.2, 0.25) is 0 Å². The molecule has 1 aromatic heterocycles. The number of thiophene rings is 1. The molecule has 3 aromatic rings. The van der Waals surface area contributed by atoms with Crippen molar-refractivity contribution < 1.29 is 0 Å². The van der Waals surface area contributed by atoms with Gasteiger partial charge in [-0.25, -0.2) is 0 Å². The molecule has 0 bridgehead atoms. The van der Waals surface area contributed by atoms with Gasteiger partial charge in [0.25, 0.3) is 0 Å². The molecule has 1 heterocycles. The van der Waals surface area contributed by atoms with Crippen LogP contribution >= 0.6 is 22.9 Å². The number of rotatable bonds is 4. The lowest BCUT2D eigenvalue weighted by molar-refractivity contribution is 0.948. The number of aryl methyl sites for hydroxylation is 1. The summed E-state index contributed by atoms with van der Waals surface area (Å²) in [6, 6.07) is 19.3. The van der Waals surface area contributed by atoms with Crippen molar-refractivity contribution in [2.24, 2.45) is 0 Å². The van der Waals surface area contributed by atoms with E-state index in [2.05, 4.69) is 61.5 Å². The van der Waals surface area contributed by atoms with Crippen LogP contribution in [0.5, 0.6) is 0 Å². The van der Waals surface area contributed by atoms with E-state index in [1.807, 2.05) is 11.3 Å². The zero-order chi connectivity index (χ0) is 13.9. The van der Waals surface area contributed by atoms with Crippen LogP contribution in [-0.2, 0) is 12.8 Å². The summed E-state index contributed by atoms with van der Waals surface area (Å²) >= 11 is 8.46. The first-order valence-electron chi connectivity index (χ1n) is 6.97. The van der Waals surface area contributed by atoms with E-state index in [0.717, 1.165) is 12.8 Å². The van der Waals surface area contributed by atoms with Crippen molar-refractivity contribution in [2.45, 2.75) is 25.1 Å². The van der Waals surface area contributed by atoms with Crippen LogP contribution in [-0.4, -0.2) is 0 Å². The highest BCUT2D eigenvalue weighted by Crippen LogP contribution is 2.33. The minimum atomic E-state index is 0.0612. The topological polar surface area (TPSA) is 0 Å². The van der Waals surface area contributed by atoms with Gasteiger partial charge in [-0.15, -0.1) is 22.9 Å². The van der Waals surface area contributed by atoms with Crippen LogP contribution in [0.1, 0.15) is 27.6 Å². The van der Waals surface area contributed by atoms with E-state index >= 15 is 0 Å². The molecule has 3 rings (SSSR count). The van der Waals surface area contributed by atoms with Crippen LogP contribution in [0.3, 0.4) is 0 Å². The first kappa shape index (κ1) is 13.7. The fraction of sp³-hybridized carbons (Fsp3) is 0.222. The molecule has 1 unspecified atom stereocenters. The third kappa shape index (κ3) is 2.74. The second-order valence-electron chi connectivity index (χ2n) is 4.97. The first-order chi connectivity index (χ1) is 9.78. The molecule has 1 atom stereocenters. The van der Waals surface area contributed by atoms with Gasteiger partial charge in [-0.2, -0.15) is 0 Å². The molecule has 0 saturated heterocycles. The third-order valence-electron chi connectivity index (χ3n) is 3.62. The zero-order valence-electron chi connectivity index (χ0n) is 11.5. The van der Waals surface area contributed by atoms with Gasteiger partial charge in [0.15, 0.2) is 0 Å². The summed E-state index contributed by atoms with van der Waals surface area (Å²) in [6.07, 6.45) is 1.97. The van der Waals surface area contributed by atoms with Crippen molar-refractivity contribution in [2.75, 3.05) is 0 Å². The lowest BCUT2D eigenvalue weighted by Crippen LogP contribution is -1.94. The summed E-state index contributed by atoms with van der Waals surface area (Å²) in [7, 11) is 0. The van der Waals surface area contributed by atoms with Crippen molar-refractivity contribution in [3.8, 4) is 0 Å². The number of hydrogen-bond donors (Lipinski definition) is 0. The van der Waals surface area contributed by atoms with Gasteiger partial charge < -0.3 is 0 Å². The highest BCUT2D eigenvalue weighted by molar-refractivity contribution is 7.12. The van der Waals surface area contributed by atoms with E-state index in [1.54, 1.807) is 0 Å². The van der Waals surface area contributed by atoms with Gasteiger partial charge in [-0.3, -0.25) is 0 Å². The number of benzene rings is 2. The summed E-state index contributed by atoms with van der Waals surface area (Å²) < 4.78 is 0. The van der Waals surface area contributed by atoms with Crippen molar-refractivity contribution in [1.82, 2.24) is 0 Å². The summed E-state index contributed by atoms with van der Waals surface area (Å²) in [5, 5.41) is 2.66. The van der Waals surface area contributed by atoms with E-state index in [4.69, 9.17) is 11.6 Å². The van der Waals surface area contributed by atoms with Crippen molar-refractivity contribution >= 4 is 33.7 Å². The smallest absolute Gasteiger partial charge is 0.0719 e. The molecule has 0 amide bonds. The van der Waals surface area contributed by atoms with Crippen LogP contribution in [0.15, 0.2) is 54.6 Å². The Morgan fingerprint density at radius 2 is 1.80 bits per heavy atom. The van der Waals surface area contributed by atoms with Crippen molar-refractivity contribution in [3.63, 3.8) is 0 Å². The molecule has 2 aromatic carbocycles. The van der Waals surface area contributed by atoms with Gasteiger partial charge in [0, 0.05) is 9.75 Å². The summed E-state index contributed by atoms with van der Waals surface area (Å²) in [5.41, 5.74) is 1.33. The van der Waals surface area contributed by atoms with E-state index in [0.29, 0.717) is 0 Å². The second-order valence-corrected chi connectivity index (χ2v) is 6.69. The summed E-state index contributed by atoms with van der Waals surface area (Å²) in [6.45, 7) is 2.18. The summed E-state index contributed by atoms with van der Waals surface area (Å²) in [4.78, 5) is 2.68. The Bertz CT molecular complexity index is 709. The first-order valence-corrected chi connectivity index (χ1v) is 8.22. The van der Waals surface area contributed by atoms with Gasteiger partial charge in [0.1, 0.15) is 0 Å². The van der Waals surface area contributed by atoms with Crippen LogP contribution in [0, 0.1) is 0 Å². The SMILES string of the molecule is CCc1ccc(C(Cl)Cc2cccc3ccccc23)s1. The average molecular weight is 301 g/mol. The molecule has 0 radical (unpaired) electrons. The molecule has 0 aliphatic carbocycles. The van der Waals surface area contributed by atoms with Crippen molar-refractivity contribution in [3.05, 3.63) is 69.9 Å². The third-order valence-corrected chi connectivity index (χ3v) is 5.48. The number of halogens is 1. The van der Waals surface area contributed by atoms with Gasteiger partial charge in [-0.05, 0) is 41.3 Å². The predicted molar refractivity (Wildman–Crippen MR) is 89.9 cm³/mol. The molecule has 20 heavy (non-hydrogen) atoms. The van der Waals surface area contributed by atoms with Crippen LogP contribution in [0.4, 0.5) is 0 Å². The second kappa shape index (κ2) is 5.99. The van der Waals surface area contributed by atoms with E-state index < -0.39 is 0 Å². The predicted octanol–water partition coefficient (Wildman–Crippen LogP) is 5.99. The zero-order valence-corrected chi connectivity index (χ0v) is 13.0. The molecule has 0 N–H and O–H groups in total. The van der Waals surface area contributed by atoms with Crippen LogP contribution in [0.25, 0.3) is 10.8 Å². The minimum Gasteiger partial charge on any atom is -0.144 e. The van der Waals surface area contributed by atoms with Gasteiger partial charge in [-0.1, -0.05) is 49.4 Å². The molecular formula is C18H17ClS. The van der Waals surface area contributed by atoms with E-state index in [1.165, 1.54) is 26.1 Å². The Morgan fingerprint density at radius 3 is 2.60 bits per heavy atom. The Labute approximate surface area is 129 Å². The standard InChI is InChI=1S/C18H17ClS/c1-2-15-10-11-18(20-15)17(19)12-14-8-5-7-13-6-3-4-9-16(13)14/h3-11,17H,2,12H2,1H3. The van der Waals surface area contributed by atoms with Crippen molar-refractivity contribution in [1.29, 1.82) is 0 Å². The van der Waals surface area contributed by atoms with Gasteiger partial charge in [0.05, 0.1) is 5.38 Å². The molecule has 0 aliphatic heterocycles. The molecule has 0 nitrogen and oxygen atoms in total. The van der Waals surface area contributed by atoms with E-state index in [-0.39, 0.29) is 5.38 Å². The number of fused-ring (bicyclic) bond motifs is 1. The maximum absolute atomic E-state index is 6.62. The number of alkyl halides is 1.